The van der Waals surface area contributed by atoms with Gasteiger partial charge in [-0.2, -0.15) is 0 Å². The molecule has 0 N–H and O–H groups in total. The Balaban J connectivity index is 1.57. The van der Waals surface area contributed by atoms with E-state index < -0.39 is 11.6 Å². The van der Waals surface area contributed by atoms with E-state index in [9.17, 15) is 13.6 Å². The molecule has 4 saturated heterocycles. The quantitative estimate of drug-likeness (QED) is 0.827. The number of likely N-dealkylation sites (tertiary alicyclic amines) is 1. The third-order valence-electron chi connectivity index (χ3n) is 6.29. The van der Waals surface area contributed by atoms with Gasteiger partial charge < -0.3 is 9.42 Å². The van der Waals surface area contributed by atoms with Crippen LogP contribution in [0.4, 0.5) is 8.78 Å². The molecule has 0 unspecified atom stereocenters. The van der Waals surface area contributed by atoms with Crippen LogP contribution in [0.2, 0.25) is 0 Å². The fourth-order valence-corrected chi connectivity index (χ4v) is 5.20. The van der Waals surface area contributed by atoms with Crippen LogP contribution in [0.3, 0.4) is 0 Å². The van der Waals surface area contributed by atoms with Crippen molar-refractivity contribution in [3.8, 4) is 0 Å². The minimum atomic E-state index is -0.837. The lowest BCUT2D eigenvalue weighted by Gasteiger charge is -2.51. The largest absolute Gasteiger partial charge is 0.364 e. The van der Waals surface area contributed by atoms with Gasteiger partial charge in [-0.1, -0.05) is 17.3 Å². The summed E-state index contributed by atoms with van der Waals surface area (Å²) in [4.78, 5) is 17.1. The van der Waals surface area contributed by atoms with Crippen molar-refractivity contribution in [3.63, 3.8) is 0 Å². The molecule has 1 amide bonds. The van der Waals surface area contributed by atoms with E-state index in [2.05, 4.69) is 10.1 Å². The minimum absolute atomic E-state index is 0.00867. The van der Waals surface area contributed by atoms with Crippen molar-refractivity contribution in [2.45, 2.75) is 30.8 Å². The van der Waals surface area contributed by atoms with Crippen LogP contribution < -0.4 is 0 Å². The Morgan fingerprint density at radius 2 is 1.96 bits per heavy atom. The van der Waals surface area contributed by atoms with E-state index in [-0.39, 0.29) is 29.6 Å². The Morgan fingerprint density at radius 1 is 1.15 bits per heavy atom. The topological polar surface area (TPSA) is 49.6 Å². The molecule has 26 heavy (non-hydrogen) atoms. The van der Waals surface area contributed by atoms with Gasteiger partial charge in [-0.05, 0) is 43.5 Å². The maximum Gasteiger partial charge on any atom is 0.276 e. The summed E-state index contributed by atoms with van der Waals surface area (Å²) in [5.74, 6) is -1.68. The van der Waals surface area contributed by atoms with Gasteiger partial charge in [0.25, 0.3) is 5.91 Å². The molecule has 4 aliphatic rings. The fourth-order valence-electron chi connectivity index (χ4n) is 5.20. The van der Waals surface area contributed by atoms with E-state index in [4.69, 9.17) is 4.52 Å². The third kappa shape index (κ3) is 2.23. The van der Waals surface area contributed by atoms with Crippen molar-refractivity contribution in [2.75, 3.05) is 19.6 Å². The van der Waals surface area contributed by atoms with Crippen LogP contribution in [0.25, 0.3) is 0 Å². The van der Waals surface area contributed by atoms with E-state index in [1.807, 2.05) is 4.90 Å². The number of carbonyl (C=O) groups excluding carboxylic acids is 1. The highest BCUT2D eigenvalue weighted by Gasteiger charge is 2.55. The summed E-state index contributed by atoms with van der Waals surface area (Å²) in [6.45, 7) is 2.27. The first-order valence-electron chi connectivity index (χ1n) is 9.04. The van der Waals surface area contributed by atoms with Crippen molar-refractivity contribution in [3.05, 3.63) is 53.4 Å². The van der Waals surface area contributed by atoms with Crippen LogP contribution in [-0.2, 0) is 0 Å². The fraction of sp³-hybridized carbons (Fsp3) is 0.474. The Bertz CT molecular complexity index is 833. The number of fused-ring (bicyclic) bond motifs is 2. The van der Waals surface area contributed by atoms with Crippen molar-refractivity contribution in [1.29, 1.82) is 0 Å². The van der Waals surface area contributed by atoms with Gasteiger partial charge in [-0.15, -0.1) is 0 Å². The van der Waals surface area contributed by atoms with Crippen LogP contribution in [0.15, 0.2) is 35.1 Å². The molecule has 5 heterocycles. The monoisotopic (exact) mass is 359 g/mol. The zero-order chi connectivity index (χ0) is 17.8. The van der Waals surface area contributed by atoms with Gasteiger partial charge in [0.2, 0.25) is 0 Å². The molecule has 2 aromatic rings. The normalized spacial score (nSPS) is 32.7. The van der Waals surface area contributed by atoms with E-state index >= 15 is 0 Å². The Morgan fingerprint density at radius 3 is 2.69 bits per heavy atom. The lowest BCUT2D eigenvalue weighted by molar-refractivity contribution is -0.00387. The molecule has 3 atom stereocenters. The van der Waals surface area contributed by atoms with Crippen molar-refractivity contribution in [1.82, 2.24) is 15.0 Å². The second-order valence-corrected chi connectivity index (χ2v) is 7.45. The van der Waals surface area contributed by atoms with Gasteiger partial charge in [-0.25, -0.2) is 8.78 Å². The molecule has 6 rings (SSSR count). The lowest BCUT2D eigenvalue weighted by Crippen LogP contribution is -2.60. The molecule has 0 aliphatic carbocycles. The van der Waals surface area contributed by atoms with E-state index in [1.165, 1.54) is 6.26 Å². The van der Waals surface area contributed by atoms with Crippen LogP contribution in [-0.4, -0.2) is 52.6 Å². The summed E-state index contributed by atoms with van der Waals surface area (Å²) < 4.78 is 33.2. The molecule has 5 nitrogen and oxygen atoms in total. The van der Waals surface area contributed by atoms with E-state index in [0.29, 0.717) is 18.0 Å². The maximum atomic E-state index is 14.5. The predicted molar refractivity (Wildman–Crippen MR) is 88.5 cm³/mol. The lowest BCUT2D eigenvalue weighted by atomic mass is 9.75. The molecule has 0 saturated carbocycles. The molecule has 0 radical (unpaired) electrons. The number of rotatable bonds is 2. The average molecular weight is 359 g/mol. The average Bonchev–Trinajstić information content (AvgIpc) is 3.33. The number of amides is 1. The highest BCUT2D eigenvalue weighted by atomic mass is 19.2. The Hall–Kier alpha value is -2.28. The minimum Gasteiger partial charge on any atom is -0.364 e. The molecule has 7 heteroatoms. The first kappa shape index (κ1) is 15.9. The summed E-state index contributed by atoms with van der Waals surface area (Å²) >= 11 is 0. The van der Waals surface area contributed by atoms with Gasteiger partial charge in [0, 0.05) is 24.6 Å². The number of aromatic nitrogens is 1. The Labute approximate surface area is 149 Å². The molecule has 4 fully saturated rings. The number of hydrogen-bond acceptors (Lipinski definition) is 4. The SMILES string of the molecule is O=C(c1ccon1)N1C[C@H](c2cccc(F)c2F)[C@H]2[C@@H]1C1CCN2CC1. The van der Waals surface area contributed by atoms with Crippen molar-refractivity contribution in [2.24, 2.45) is 5.92 Å². The van der Waals surface area contributed by atoms with Crippen LogP contribution in [0.1, 0.15) is 34.8 Å². The van der Waals surface area contributed by atoms with E-state index in [0.717, 1.165) is 32.0 Å². The van der Waals surface area contributed by atoms with Gasteiger partial charge in [0.15, 0.2) is 17.3 Å². The Kier molecular flexibility index (Phi) is 3.60. The number of halogens is 2. The summed E-state index contributed by atoms with van der Waals surface area (Å²) in [6.07, 6.45) is 3.44. The van der Waals surface area contributed by atoms with Gasteiger partial charge in [0.05, 0.1) is 6.04 Å². The first-order valence-corrected chi connectivity index (χ1v) is 9.04. The van der Waals surface area contributed by atoms with Crippen molar-refractivity contribution >= 4 is 5.91 Å². The van der Waals surface area contributed by atoms with Crippen LogP contribution >= 0.6 is 0 Å². The summed E-state index contributed by atoms with van der Waals surface area (Å²) in [6, 6.07) is 5.91. The second-order valence-electron chi connectivity index (χ2n) is 7.45. The molecule has 1 aromatic heterocycles. The number of benzene rings is 1. The third-order valence-corrected chi connectivity index (χ3v) is 6.29. The van der Waals surface area contributed by atoms with Crippen LogP contribution in [0.5, 0.6) is 0 Å². The molecule has 0 spiro atoms. The molecule has 2 bridgehead atoms. The van der Waals surface area contributed by atoms with Gasteiger partial charge >= 0.3 is 0 Å². The summed E-state index contributed by atoms with van der Waals surface area (Å²) in [5, 5.41) is 3.78. The summed E-state index contributed by atoms with van der Waals surface area (Å²) in [5.41, 5.74) is 0.628. The smallest absolute Gasteiger partial charge is 0.276 e. The number of hydrogen-bond donors (Lipinski definition) is 0. The second kappa shape index (κ2) is 5.87. The summed E-state index contributed by atoms with van der Waals surface area (Å²) in [7, 11) is 0. The van der Waals surface area contributed by atoms with Gasteiger partial charge in [0.1, 0.15) is 6.26 Å². The predicted octanol–water partition coefficient (Wildman–Crippen LogP) is 2.66. The number of piperidine rings is 3. The molecule has 1 aromatic carbocycles. The molecular formula is C19H19F2N3O2. The van der Waals surface area contributed by atoms with E-state index in [1.54, 1.807) is 18.2 Å². The molecular weight excluding hydrogens is 340 g/mol. The maximum absolute atomic E-state index is 14.5. The number of carbonyl (C=O) groups is 1. The highest BCUT2D eigenvalue weighted by Crippen LogP contribution is 2.47. The molecule has 4 aliphatic heterocycles. The van der Waals surface area contributed by atoms with Crippen molar-refractivity contribution < 1.29 is 18.1 Å². The highest BCUT2D eigenvalue weighted by molar-refractivity contribution is 5.92. The van der Waals surface area contributed by atoms with Crippen LogP contribution in [0, 0.1) is 17.6 Å². The standard InChI is InChI=1S/C19H19F2N3O2/c20-14-3-1-2-12(16(14)21)13-10-24(19(25)15-6-9-26-22-15)17-11-4-7-23(8-5-11)18(13)17/h1-3,6,9,11,13,17-18H,4-5,7-8,10H2/t13-,17+,18+/m1/s1. The van der Waals surface area contributed by atoms with Gasteiger partial charge in [-0.3, -0.25) is 9.69 Å². The zero-order valence-corrected chi connectivity index (χ0v) is 14.1. The number of nitrogens with zero attached hydrogens (tertiary/aromatic N) is 3. The molecule has 136 valence electrons. The first-order chi connectivity index (χ1) is 12.6. The zero-order valence-electron chi connectivity index (χ0n) is 14.1.